The van der Waals surface area contributed by atoms with E-state index in [-0.39, 0.29) is 0 Å². The standard InChI is InChI=1S/C30H46/c1-3-7-23-17(5-1)13-19-9-11-22-16-26-24-8-4-2-6-18(24)14-20-10-12-21-15-25(23)27(19)29(22)30(21)28(20)26/h17-30H,1-16H2. The van der Waals surface area contributed by atoms with Gasteiger partial charge in [0.05, 0.1) is 0 Å². The molecular weight excluding hydrogens is 360 g/mol. The van der Waals surface area contributed by atoms with Gasteiger partial charge in [-0.05, 0) is 147 Å². The van der Waals surface area contributed by atoms with Crippen LogP contribution in [0.4, 0.5) is 0 Å². The molecule has 30 heavy (non-hydrogen) atoms. The van der Waals surface area contributed by atoms with Crippen molar-refractivity contribution in [1.82, 2.24) is 0 Å². The van der Waals surface area contributed by atoms with Crippen LogP contribution >= 0.6 is 0 Å². The summed E-state index contributed by atoms with van der Waals surface area (Å²) in [7, 11) is 0. The predicted molar refractivity (Wildman–Crippen MR) is 123 cm³/mol. The lowest BCUT2D eigenvalue weighted by Crippen LogP contribution is -2.63. The monoisotopic (exact) mass is 406 g/mol. The largest absolute Gasteiger partial charge is 0.0530 e. The van der Waals surface area contributed by atoms with Gasteiger partial charge in [0.1, 0.15) is 0 Å². The first-order valence-electron chi connectivity index (χ1n) is 14.9. The highest BCUT2D eigenvalue weighted by atomic mass is 14.7. The van der Waals surface area contributed by atoms with Gasteiger partial charge >= 0.3 is 0 Å². The first-order valence-corrected chi connectivity index (χ1v) is 14.9. The van der Waals surface area contributed by atoms with Crippen LogP contribution in [0.1, 0.15) is 103 Å². The second-order valence-corrected chi connectivity index (χ2v) is 14.2. The van der Waals surface area contributed by atoms with E-state index in [1.54, 1.807) is 103 Å². The molecular formula is C30H46. The summed E-state index contributed by atoms with van der Waals surface area (Å²) in [5, 5.41) is 0. The van der Waals surface area contributed by atoms with Crippen molar-refractivity contribution in [3.05, 3.63) is 0 Å². The Morgan fingerprint density at radius 1 is 0.267 bits per heavy atom. The van der Waals surface area contributed by atoms with Crippen molar-refractivity contribution in [3.8, 4) is 0 Å². The van der Waals surface area contributed by atoms with Crippen molar-refractivity contribution >= 4 is 0 Å². The van der Waals surface area contributed by atoms with Gasteiger partial charge in [0.25, 0.3) is 0 Å². The molecule has 0 aromatic heterocycles. The van der Waals surface area contributed by atoms with Crippen molar-refractivity contribution in [1.29, 1.82) is 0 Å². The van der Waals surface area contributed by atoms with Crippen LogP contribution < -0.4 is 0 Å². The molecule has 0 nitrogen and oxygen atoms in total. The second-order valence-electron chi connectivity index (χ2n) is 14.2. The van der Waals surface area contributed by atoms with Gasteiger partial charge in [-0.2, -0.15) is 0 Å². The Kier molecular flexibility index (Phi) is 4.15. The average molecular weight is 407 g/mol. The smallest absolute Gasteiger partial charge is 0.0318 e. The molecule has 0 radical (unpaired) electrons. The van der Waals surface area contributed by atoms with Crippen LogP contribution in [-0.2, 0) is 0 Å². The molecule has 14 unspecified atom stereocenters. The lowest BCUT2D eigenvalue weighted by molar-refractivity contribution is -0.212. The molecule has 8 aliphatic carbocycles. The summed E-state index contributed by atoms with van der Waals surface area (Å²) in [5.74, 6) is 16.5. The number of fused-ring (bicyclic) bond motifs is 4. The number of rotatable bonds is 0. The van der Waals surface area contributed by atoms with Crippen molar-refractivity contribution in [3.63, 3.8) is 0 Å². The van der Waals surface area contributed by atoms with Crippen LogP contribution in [-0.4, -0.2) is 0 Å². The fourth-order valence-corrected chi connectivity index (χ4v) is 13.3. The normalized spacial score (nSPS) is 63.2. The van der Waals surface area contributed by atoms with Crippen LogP contribution in [0.25, 0.3) is 0 Å². The Labute approximate surface area is 185 Å². The third-order valence-corrected chi connectivity index (χ3v) is 13.7. The second kappa shape index (κ2) is 6.76. The van der Waals surface area contributed by atoms with Crippen LogP contribution in [0.5, 0.6) is 0 Å². The third kappa shape index (κ3) is 2.41. The fourth-order valence-electron chi connectivity index (χ4n) is 13.3. The minimum atomic E-state index is 1.16. The Balaban J connectivity index is 1.18. The zero-order valence-electron chi connectivity index (χ0n) is 19.4. The molecule has 0 bridgehead atoms. The van der Waals surface area contributed by atoms with Gasteiger partial charge in [-0.25, -0.2) is 0 Å². The Morgan fingerprint density at radius 2 is 0.667 bits per heavy atom. The molecule has 8 aliphatic rings. The fraction of sp³-hybridized carbons (Fsp3) is 1.00. The predicted octanol–water partition coefficient (Wildman–Crippen LogP) is 7.96. The third-order valence-electron chi connectivity index (χ3n) is 13.7. The van der Waals surface area contributed by atoms with E-state index < -0.39 is 0 Å². The van der Waals surface area contributed by atoms with E-state index in [0.29, 0.717) is 0 Å². The van der Waals surface area contributed by atoms with Crippen LogP contribution in [0.3, 0.4) is 0 Å². The van der Waals surface area contributed by atoms with E-state index >= 15 is 0 Å². The maximum absolute atomic E-state index is 1.71. The van der Waals surface area contributed by atoms with E-state index in [4.69, 9.17) is 0 Å². The van der Waals surface area contributed by atoms with E-state index in [0.717, 1.165) is 11.8 Å². The zero-order chi connectivity index (χ0) is 19.4. The summed E-state index contributed by atoms with van der Waals surface area (Å²) in [6.45, 7) is 0. The quantitative estimate of drug-likeness (QED) is 0.383. The van der Waals surface area contributed by atoms with Gasteiger partial charge in [0.15, 0.2) is 0 Å². The molecule has 0 spiro atoms. The van der Waals surface area contributed by atoms with E-state index in [1.165, 1.54) is 71.0 Å². The molecule has 8 rings (SSSR count). The van der Waals surface area contributed by atoms with Crippen LogP contribution in [0, 0.1) is 82.9 Å². The van der Waals surface area contributed by atoms with Gasteiger partial charge in [0.2, 0.25) is 0 Å². The molecule has 8 saturated carbocycles. The van der Waals surface area contributed by atoms with E-state index in [9.17, 15) is 0 Å². The van der Waals surface area contributed by atoms with Crippen LogP contribution in [0.2, 0.25) is 0 Å². The molecule has 166 valence electrons. The molecule has 0 aromatic carbocycles. The highest BCUT2D eigenvalue weighted by molar-refractivity contribution is 5.13. The summed E-state index contributed by atoms with van der Waals surface area (Å²) in [5.41, 5.74) is 0. The maximum Gasteiger partial charge on any atom is -0.0318 e. The summed E-state index contributed by atoms with van der Waals surface area (Å²) >= 11 is 0. The first-order chi connectivity index (χ1) is 14.9. The minimum absolute atomic E-state index is 1.16. The van der Waals surface area contributed by atoms with Crippen LogP contribution in [0.15, 0.2) is 0 Å². The summed E-state index contributed by atoms with van der Waals surface area (Å²) in [6.07, 6.45) is 26.2. The lowest BCUT2D eigenvalue weighted by Gasteiger charge is -2.70. The summed E-state index contributed by atoms with van der Waals surface area (Å²) < 4.78 is 0. The Morgan fingerprint density at radius 3 is 1.13 bits per heavy atom. The minimum Gasteiger partial charge on any atom is -0.0530 e. The zero-order valence-corrected chi connectivity index (χ0v) is 19.4. The molecule has 0 N–H and O–H groups in total. The molecule has 0 heterocycles. The topological polar surface area (TPSA) is 0 Å². The number of hydrogen-bond acceptors (Lipinski definition) is 0. The molecule has 0 amide bonds. The highest BCUT2D eigenvalue weighted by Crippen LogP contribution is 2.71. The highest BCUT2D eigenvalue weighted by Gasteiger charge is 2.64. The molecule has 14 atom stereocenters. The molecule has 0 aliphatic heterocycles. The van der Waals surface area contributed by atoms with Crippen molar-refractivity contribution in [2.24, 2.45) is 82.9 Å². The van der Waals surface area contributed by atoms with Gasteiger partial charge in [-0.3, -0.25) is 0 Å². The Bertz CT molecular complexity index is 622. The average Bonchev–Trinajstić information content (AvgIpc) is 2.80. The van der Waals surface area contributed by atoms with Gasteiger partial charge in [0, 0.05) is 0 Å². The maximum atomic E-state index is 1.71. The van der Waals surface area contributed by atoms with Crippen molar-refractivity contribution < 1.29 is 0 Å². The SMILES string of the molecule is C1CCC2C(C1)CC1CCC3CC4C5CCCCC5CC5CCC6CC2C1C3C6C54. The Hall–Kier alpha value is 0. The lowest BCUT2D eigenvalue weighted by atomic mass is 9.35. The summed E-state index contributed by atoms with van der Waals surface area (Å²) in [6, 6.07) is 0. The summed E-state index contributed by atoms with van der Waals surface area (Å²) in [4.78, 5) is 0. The van der Waals surface area contributed by atoms with Crippen molar-refractivity contribution in [2.45, 2.75) is 103 Å². The number of hydrogen-bond donors (Lipinski definition) is 0. The first kappa shape index (κ1) is 18.4. The molecule has 8 fully saturated rings. The van der Waals surface area contributed by atoms with Gasteiger partial charge in [-0.1, -0.05) is 38.5 Å². The molecule has 0 saturated heterocycles. The van der Waals surface area contributed by atoms with Gasteiger partial charge in [-0.15, -0.1) is 0 Å². The van der Waals surface area contributed by atoms with Gasteiger partial charge < -0.3 is 0 Å². The van der Waals surface area contributed by atoms with E-state index in [2.05, 4.69) is 0 Å². The van der Waals surface area contributed by atoms with E-state index in [1.807, 2.05) is 0 Å². The molecule has 0 aromatic rings. The van der Waals surface area contributed by atoms with Crippen molar-refractivity contribution in [2.75, 3.05) is 0 Å². The molecule has 0 heteroatoms.